The molecule has 0 aromatic heterocycles. The smallest absolute Gasteiger partial charge is 0.253 e. The third kappa shape index (κ3) is 2.69. The molecule has 1 rings (SSSR count). The first-order valence-corrected chi connectivity index (χ1v) is 5.50. The zero-order chi connectivity index (χ0) is 12.1. The summed E-state index contributed by atoms with van der Waals surface area (Å²) in [7, 11) is 0. The first-order valence-electron chi connectivity index (χ1n) is 5.50. The van der Waals surface area contributed by atoms with E-state index in [1.807, 2.05) is 13.8 Å². The summed E-state index contributed by atoms with van der Waals surface area (Å²) in [5.74, 6) is 0.0296. The number of ketones is 1. The molecule has 1 aromatic carbocycles. The van der Waals surface area contributed by atoms with E-state index >= 15 is 0 Å². The highest BCUT2D eigenvalue weighted by Crippen LogP contribution is 2.08. The molecule has 0 radical (unpaired) electrons. The van der Waals surface area contributed by atoms with Gasteiger partial charge >= 0.3 is 0 Å². The first kappa shape index (κ1) is 12.4. The Bertz CT molecular complexity index is 377. The van der Waals surface area contributed by atoms with E-state index in [2.05, 4.69) is 0 Å². The van der Waals surface area contributed by atoms with Gasteiger partial charge in [-0.15, -0.1) is 0 Å². The number of hydrogen-bond donors (Lipinski definition) is 0. The van der Waals surface area contributed by atoms with Crippen LogP contribution in [0.25, 0.3) is 0 Å². The molecule has 16 heavy (non-hydrogen) atoms. The van der Waals surface area contributed by atoms with E-state index < -0.39 is 0 Å². The van der Waals surface area contributed by atoms with Crippen LogP contribution < -0.4 is 0 Å². The van der Waals surface area contributed by atoms with E-state index in [0.717, 1.165) is 0 Å². The van der Waals surface area contributed by atoms with Crippen LogP contribution in [0.15, 0.2) is 24.3 Å². The first-order chi connectivity index (χ1) is 7.60. The second-order valence-corrected chi connectivity index (χ2v) is 3.61. The number of benzene rings is 1. The third-order valence-corrected chi connectivity index (χ3v) is 2.59. The fraction of sp³-hybridized carbons (Fsp3) is 0.385. The molecule has 3 nitrogen and oxygen atoms in total. The van der Waals surface area contributed by atoms with E-state index in [1.54, 1.807) is 29.2 Å². The molecule has 0 bridgehead atoms. The van der Waals surface area contributed by atoms with Gasteiger partial charge in [0.25, 0.3) is 5.91 Å². The Labute approximate surface area is 96.1 Å². The molecule has 0 unspecified atom stereocenters. The average Bonchev–Trinajstić information content (AvgIpc) is 2.30. The molecule has 0 aliphatic heterocycles. The Hall–Kier alpha value is -1.64. The molecule has 0 saturated carbocycles. The monoisotopic (exact) mass is 219 g/mol. The Morgan fingerprint density at radius 3 is 1.81 bits per heavy atom. The van der Waals surface area contributed by atoms with Crippen molar-refractivity contribution >= 4 is 11.7 Å². The van der Waals surface area contributed by atoms with Crippen molar-refractivity contribution in [3.63, 3.8) is 0 Å². The maximum atomic E-state index is 11.9. The van der Waals surface area contributed by atoms with Gasteiger partial charge in [0.05, 0.1) is 0 Å². The summed E-state index contributed by atoms with van der Waals surface area (Å²) in [6.45, 7) is 6.81. The molecule has 86 valence electrons. The van der Waals surface area contributed by atoms with Crippen molar-refractivity contribution in [2.24, 2.45) is 0 Å². The number of rotatable bonds is 4. The van der Waals surface area contributed by atoms with Crippen molar-refractivity contribution in [1.82, 2.24) is 4.90 Å². The lowest BCUT2D eigenvalue weighted by atomic mass is 10.1. The lowest BCUT2D eigenvalue weighted by Crippen LogP contribution is -2.30. The Morgan fingerprint density at radius 2 is 1.44 bits per heavy atom. The van der Waals surface area contributed by atoms with Gasteiger partial charge < -0.3 is 4.90 Å². The van der Waals surface area contributed by atoms with Crippen LogP contribution in [0.2, 0.25) is 0 Å². The van der Waals surface area contributed by atoms with Gasteiger partial charge in [0, 0.05) is 24.2 Å². The number of amides is 1. The van der Waals surface area contributed by atoms with Gasteiger partial charge in [-0.2, -0.15) is 0 Å². The zero-order valence-corrected chi connectivity index (χ0v) is 9.99. The SMILES string of the molecule is CCN(CC)C(=O)c1ccc(C(C)=O)cc1. The Morgan fingerprint density at radius 1 is 1.00 bits per heavy atom. The highest BCUT2D eigenvalue weighted by Gasteiger charge is 2.12. The zero-order valence-electron chi connectivity index (χ0n) is 9.99. The minimum atomic E-state index is 0.0140. The van der Waals surface area contributed by atoms with Crippen molar-refractivity contribution in [2.75, 3.05) is 13.1 Å². The average molecular weight is 219 g/mol. The van der Waals surface area contributed by atoms with Crippen LogP contribution in [0, 0.1) is 0 Å². The largest absolute Gasteiger partial charge is 0.339 e. The molecule has 0 N–H and O–H groups in total. The quantitative estimate of drug-likeness (QED) is 0.729. The van der Waals surface area contributed by atoms with E-state index in [-0.39, 0.29) is 11.7 Å². The summed E-state index contributed by atoms with van der Waals surface area (Å²) < 4.78 is 0. The molecule has 0 aliphatic rings. The fourth-order valence-corrected chi connectivity index (χ4v) is 1.54. The third-order valence-electron chi connectivity index (χ3n) is 2.59. The highest BCUT2D eigenvalue weighted by atomic mass is 16.2. The van der Waals surface area contributed by atoms with E-state index in [4.69, 9.17) is 0 Å². The van der Waals surface area contributed by atoms with Crippen LogP contribution in [-0.2, 0) is 0 Å². The second-order valence-electron chi connectivity index (χ2n) is 3.61. The molecule has 3 heteroatoms. The van der Waals surface area contributed by atoms with Crippen molar-refractivity contribution in [2.45, 2.75) is 20.8 Å². The predicted octanol–water partition coefficient (Wildman–Crippen LogP) is 2.37. The fourth-order valence-electron chi connectivity index (χ4n) is 1.54. The summed E-state index contributed by atoms with van der Waals surface area (Å²) >= 11 is 0. The highest BCUT2D eigenvalue weighted by molar-refractivity contribution is 5.97. The topological polar surface area (TPSA) is 37.4 Å². The van der Waals surface area contributed by atoms with Crippen molar-refractivity contribution in [3.8, 4) is 0 Å². The molecule has 0 atom stereocenters. The minimum Gasteiger partial charge on any atom is -0.339 e. The van der Waals surface area contributed by atoms with E-state index in [0.29, 0.717) is 24.2 Å². The van der Waals surface area contributed by atoms with Gasteiger partial charge in [0.1, 0.15) is 0 Å². The molecule has 0 heterocycles. The second kappa shape index (κ2) is 5.45. The molecule has 0 saturated heterocycles. The molecule has 0 aliphatic carbocycles. The van der Waals surface area contributed by atoms with Crippen molar-refractivity contribution in [1.29, 1.82) is 0 Å². The van der Waals surface area contributed by atoms with Gasteiger partial charge in [0.2, 0.25) is 0 Å². The summed E-state index contributed by atoms with van der Waals surface area (Å²) in [6, 6.07) is 6.80. The van der Waals surface area contributed by atoms with E-state index in [9.17, 15) is 9.59 Å². The van der Waals surface area contributed by atoms with Crippen LogP contribution >= 0.6 is 0 Å². The lowest BCUT2D eigenvalue weighted by molar-refractivity contribution is 0.0772. The van der Waals surface area contributed by atoms with Gasteiger partial charge in [-0.25, -0.2) is 0 Å². The summed E-state index contributed by atoms with van der Waals surface area (Å²) in [5, 5.41) is 0. The van der Waals surface area contributed by atoms with Crippen LogP contribution in [0.3, 0.4) is 0 Å². The predicted molar refractivity (Wildman–Crippen MR) is 63.7 cm³/mol. The van der Waals surface area contributed by atoms with Crippen LogP contribution in [0.5, 0.6) is 0 Å². The van der Waals surface area contributed by atoms with Gasteiger partial charge in [-0.05, 0) is 32.9 Å². The van der Waals surface area contributed by atoms with Crippen LogP contribution in [0.4, 0.5) is 0 Å². The minimum absolute atomic E-state index is 0.0140. The molecule has 0 spiro atoms. The summed E-state index contributed by atoms with van der Waals surface area (Å²) in [4.78, 5) is 24.8. The molecular formula is C13H17NO2. The molecular weight excluding hydrogens is 202 g/mol. The van der Waals surface area contributed by atoms with E-state index in [1.165, 1.54) is 6.92 Å². The Balaban J connectivity index is 2.89. The standard InChI is InChI=1S/C13H17NO2/c1-4-14(5-2)13(16)12-8-6-11(7-9-12)10(3)15/h6-9H,4-5H2,1-3H3. The van der Waals surface area contributed by atoms with Crippen molar-refractivity contribution in [3.05, 3.63) is 35.4 Å². The number of nitrogens with zero attached hydrogens (tertiary/aromatic N) is 1. The number of carbonyl (C=O) groups is 2. The summed E-state index contributed by atoms with van der Waals surface area (Å²) in [5.41, 5.74) is 1.27. The van der Waals surface area contributed by atoms with Crippen LogP contribution in [0.1, 0.15) is 41.5 Å². The normalized spacial score (nSPS) is 9.94. The van der Waals surface area contributed by atoms with Gasteiger partial charge in [-0.1, -0.05) is 12.1 Å². The van der Waals surface area contributed by atoms with Gasteiger partial charge in [-0.3, -0.25) is 9.59 Å². The number of hydrogen-bond acceptors (Lipinski definition) is 2. The molecule has 0 fully saturated rings. The van der Waals surface area contributed by atoms with Crippen molar-refractivity contribution < 1.29 is 9.59 Å². The summed E-state index contributed by atoms with van der Waals surface area (Å²) in [6.07, 6.45) is 0. The maximum Gasteiger partial charge on any atom is 0.253 e. The number of carbonyl (C=O) groups excluding carboxylic acids is 2. The van der Waals surface area contributed by atoms with Gasteiger partial charge in [0.15, 0.2) is 5.78 Å². The maximum absolute atomic E-state index is 11.9. The van der Waals surface area contributed by atoms with Crippen LogP contribution in [-0.4, -0.2) is 29.7 Å². The lowest BCUT2D eigenvalue weighted by Gasteiger charge is -2.18. The molecule has 1 amide bonds. The number of Topliss-reactive ketones (excluding diaryl/α,β-unsaturated/α-hetero) is 1. The Kier molecular flexibility index (Phi) is 4.23. The molecule has 1 aromatic rings.